The van der Waals surface area contributed by atoms with Gasteiger partial charge in [0.15, 0.2) is 0 Å². The van der Waals surface area contributed by atoms with Gasteiger partial charge in [-0.25, -0.2) is 0 Å². The first-order valence-corrected chi connectivity index (χ1v) is 8.60. The van der Waals surface area contributed by atoms with Gasteiger partial charge in [0.05, 0.1) is 0 Å². The number of hydrogen-bond donors (Lipinski definition) is 0. The van der Waals surface area contributed by atoms with Gasteiger partial charge in [-0.2, -0.15) is 11.3 Å². The third-order valence-electron chi connectivity index (χ3n) is 4.75. The molecule has 1 spiro atoms. The van der Waals surface area contributed by atoms with E-state index in [-0.39, 0.29) is 0 Å². The average molecular weight is 299 g/mol. The molecule has 110 valence electrons. The molecule has 0 bridgehead atoms. The van der Waals surface area contributed by atoms with Crippen LogP contribution in [0.1, 0.15) is 17.5 Å². The van der Waals surface area contributed by atoms with Crippen molar-refractivity contribution in [3.63, 3.8) is 0 Å². The van der Waals surface area contributed by atoms with E-state index in [2.05, 4.69) is 37.7 Å². The quantitative estimate of drug-likeness (QED) is 0.865. The highest BCUT2D eigenvalue weighted by atomic mass is 32.1. The molecule has 2 aromatic heterocycles. The monoisotopic (exact) mass is 299 g/mol. The molecule has 2 fully saturated rings. The Morgan fingerprint density at radius 3 is 2.71 bits per heavy atom. The van der Waals surface area contributed by atoms with Crippen LogP contribution in [0.2, 0.25) is 0 Å². The van der Waals surface area contributed by atoms with Gasteiger partial charge in [-0.05, 0) is 47.0 Å². The van der Waals surface area contributed by atoms with Gasteiger partial charge >= 0.3 is 0 Å². The van der Waals surface area contributed by atoms with Crippen molar-refractivity contribution in [1.82, 2.24) is 14.8 Å². The van der Waals surface area contributed by atoms with E-state index in [1.54, 1.807) is 11.3 Å². The topological polar surface area (TPSA) is 19.4 Å². The number of pyridine rings is 1. The number of nitrogens with zero attached hydrogens (tertiary/aromatic N) is 3. The molecular weight excluding hydrogens is 278 g/mol. The van der Waals surface area contributed by atoms with Crippen molar-refractivity contribution in [3.8, 4) is 0 Å². The number of aromatic nitrogens is 1. The normalized spacial score (nSPS) is 21.7. The smallest absolute Gasteiger partial charge is 0.0312 e. The van der Waals surface area contributed by atoms with Gasteiger partial charge in [0.1, 0.15) is 0 Å². The Balaban J connectivity index is 1.29. The summed E-state index contributed by atoms with van der Waals surface area (Å²) in [5.74, 6) is 0. The molecule has 0 N–H and O–H groups in total. The molecule has 21 heavy (non-hydrogen) atoms. The van der Waals surface area contributed by atoms with Crippen molar-refractivity contribution in [2.45, 2.75) is 19.5 Å². The summed E-state index contributed by atoms with van der Waals surface area (Å²) < 4.78 is 0. The van der Waals surface area contributed by atoms with Crippen LogP contribution in [-0.2, 0) is 13.1 Å². The van der Waals surface area contributed by atoms with Crippen LogP contribution < -0.4 is 0 Å². The fourth-order valence-corrected chi connectivity index (χ4v) is 4.49. The minimum Gasteiger partial charge on any atom is -0.298 e. The molecule has 0 aromatic carbocycles. The highest BCUT2D eigenvalue weighted by Crippen LogP contribution is 2.40. The zero-order valence-electron chi connectivity index (χ0n) is 12.2. The van der Waals surface area contributed by atoms with Crippen molar-refractivity contribution >= 4 is 11.3 Å². The van der Waals surface area contributed by atoms with Crippen LogP contribution in [0.3, 0.4) is 0 Å². The van der Waals surface area contributed by atoms with Gasteiger partial charge in [0, 0.05) is 50.5 Å². The van der Waals surface area contributed by atoms with Crippen molar-refractivity contribution in [2.24, 2.45) is 5.41 Å². The molecule has 0 unspecified atom stereocenters. The zero-order valence-corrected chi connectivity index (χ0v) is 13.1. The van der Waals surface area contributed by atoms with E-state index in [9.17, 15) is 0 Å². The molecule has 2 saturated heterocycles. The number of hydrogen-bond acceptors (Lipinski definition) is 4. The highest BCUT2D eigenvalue weighted by Gasteiger charge is 2.47. The summed E-state index contributed by atoms with van der Waals surface area (Å²) in [5.41, 5.74) is 3.38. The summed E-state index contributed by atoms with van der Waals surface area (Å²) in [5, 5.41) is 4.46. The SMILES string of the molecule is c1cncc(CN2CC3(CCN(Cc4ccsc4)C3)C2)c1. The predicted molar refractivity (Wildman–Crippen MR) is 86.2 cm³/mol. The molecule has 0 saturated carbocycles. The van der Waals surface area contributed by atoms with Crippen LogP contribution >= 0.6 is 11.3 Å². The summed E-state index contributed by atoms with van der Waals surface area (Å²) in [7, 11) is 0. The second kappa shape index (κ2) is 5.52. The molecule has 4 heterocycles. The molecular formula is C17H21N3S. The van der Waals surface area contributed by atoms with Crippen LogP contribution in [0.5, 0.6) is 0 Å². The van der Waals surface area contributed by atoms with Crippen LogP contribution in [0.25, 0.3) is 0 Å². The molecule has 0 aliphatic carbocycles. The molecule has 3 nitrogen and oxygen atoms in total. The molecule has 2 aliphatic rings. The molecule has 0 amide bonds. The second-order valence-corrected chi connectivity index (χ2v) is 7.38. The van der Waals surface area contributed by atoms with E-state index in [4.69, 9.17) is 0 Å². The molecule has 4 heteroatoms. The van der Waals surface area contributed by atoms with Gasteiger partial charge in [-0.1, -0.05) is 6.07 Å². The van der Waals surface area contributed by atoms with Gasteiger partial charge in [0.2, 0.25) is 0 Å². The molecule has 4 rings (SSSR count). The van der Waals surface area contributed by atoms with Gasteiger partial charge in [-0.3, -0.25) is 14.8 Å². The zero-order chi connectivity index (χ0) is 14.1. The van der Waals surface area contributed by atoms with Crippen molar-refractivity contribution < 1.29 is 0 Å². The fraction of sp³-hybridized carbons (Fsp3) is 0.471. The summed E-state index contributed by atoms with van der Waals surface area (Å²) in [6, 6.07) is 6.46. The van der Waals surface area contributed by atoms with E-state index >= 15 is 0 Å². The minimum absolute atomic E-state index is 0.568. The van der Waals surface area contributed by atoms with Gasteiger partial charge < -0.3 is 0 Å². The first kappa shape index (κ1) is 13.4. The average Bonchev–Trinajstić information content (AvgIpc) is 3.10. The summed E-state index contributed by atoms with van der Waals surface area (Å²) in [4.78, 5) is 9.39. The molecule has 2 aliphatic heterocycles. The van der Waals surface area contributed by atoms with Gasteiger partial charge in [-0.15, -0.1) is 0 Å². The Morgan fingerprint density at radius 1 is 1.10 bits per heavy atom. The van der Waals surface area contributed by atoms with Gasteiger partial charge in [0.25, 0.3) is 0 Å². The Hall–Kier alpha value is -1.23. The van der Waals surface area contributed by atoms with Crippen molar-refractivity contribution in [1.29, 1.82) is 0 Å². The maximum Gasteiger partial charge on any atom is 0.0312 e. The summed E-state index contributed by atoms with van der Waals surface area (Å²) in [6.45, 7) is 7.22. The summed E-state index contributed by atoms with van der Waals surface area (Å²) >= 11 is 1.80. The first-order chi connectivity index (χ1) is 10.3. The maximum atomic E-state index is 4.21. The lowest BCUT2D eigenvalue weighted by molar-refractivity contribution is 0.00155. The third-order valence-corrected chi connectivity index (χ3v) is 5.48. The van der Waals surface area contributed by atoms with E-state index in [1.807, 2.05) is 18.5 Å². The lowest BCUT2D eigenvalue weighted by atomic mass is 9.79. The van der Waals surface area contributed by atoms with Crippen LogP contribution in [0.4, 0.5) is 0 Å². The Labute approximate surface area is 130 Å². The second-order valence-electron chi connectivity index (χ2n) is 6.60. The third kappa shape index (κ3) is 2.89. The largest absolute Gasteiger partial charge is 0.298 e. The molecule has 0 radical (unpaired) electrons. The lowest BCUT2D eigenvalue weighted by Gasteiger charge is -2.48. The van der Waals surface area contributed by atoms with E-state index < -0.39 is 0 Å². The number of thiophene rings is 1. The minimum atomic E-state index is 0.568. The highest BCUT2D eigenvalue weighted by molar-refractivity contribution is 7.07. The Kier molecular flexibility index (Phi) is 3.53. The molecule has 0 atom stereocenters. The van der Waals surface area contributed by atoms with E-state index in [0.29, 0.717) is 5.41 Å². The fourth-order valence-electron chi connectivity index (χ4n) is 3.83. The predicted octanol–water partition coefficient (Wildman–Crippen LogP) is 2.85. The van der Waals surface area contributed by atoms with Crippen molar-refractivity contribution in [2.75, 3.05) is 26.2 Å². The number of likely N-dealkylation sites (tertiary alicyclic amines) is 2. The number of rotatable bonds is 4. The maximum absolute atomic E-state index is 4.21. The van der Waals surface area contributed by atoms with E-state index in [0.717, 1.165) is 13.1 Å². The summed E-state index contributed by atoms with van der Waals surface area (Å²) in [6.07, 6.45) is 5.20. The van der Waals surface area contributed by atoms with Crippen LogP contribution in [-0.4, -0.2) is 41.0 Å². The van der Waals surface area contributed by atoms with Crippen LogP contribution in [0, 0.1) is 5.41 Å². The Bertz CT molecular complexity index is 575. The first-order valence-electron chi connectivity index (χ1n) is 7.66. The van der Waals surface area contributed by atoms with Crippen LogP contribution in [0.15, 0.2) is 41.4 Å². The Morgan fingerprint density at radius 2 is 1.95 bits per heavy atom. The molecule has 2 aromatic rings. The lowest BCUT2D eigenvalue weighted by Crippen LogP contribution is -2.56. The van der Waals surface area contributed by atoms with Crippen molar-refractivity contribution in [3.05, 3.63) is 52.5 Å². The standard InChI is InChI=1S/C17H21N3S/c1-2-15(8-18-5-1)9-20-13-17(14-20)4-6-19(12-17)10-16-3-7-21-11-16/h1-3,5,7-8,11H,4,6,9-10,12-14H2. The van der Waals surface area contributed by atoms with E-state index in [1.165, 1.54) is 43.7 Å².